The van der Waals surface area contributed by atoms with Crippen molar-refractivity contribution in [2.75, 3.05) is 0 Å². The van der Waals surface area contributed by atoms with Crippen LogP contribution in [0.4, 0.5) is 0 Å². The first-order valence-electron chi connectivity index (χ1n) is 33.4. The summed E-state index contributed by atoms with van der Waals surface area (Å²) in [5, 5.41) is 7.13. The molecule has 0 amide bonds. The summed E-state index contributed by atoms with van der Waals surface area (Å²) in [5.41, 5.74) is 21.7. The molecule has 14 aromatic carbocycles. The number of nitrogens with zero attached hydrogens (tertiary/aromatic N) is 8. The van der Waals surface area contributed by atoms with Crippen LogP contribution in [0, 0.1) is 0 Å². The van der Waals surface area contributed by atoms with E-state index in [-0.39, 0.29) is 0 Å². The van der Waals surface area contributed by atoms with E-state index in [0.717, 1.165) is 99.7 Å². The van der Waals surface area contributed by atoms with Gasteiger partial charge in [-0.3, -0.25) is 9.97 Å². The molecule has 18 rings (SSSR count). The third-order valence-corrected chi connectivity index (χ3v) is 18.4. The fourth-order valence-corrected chi connectivity index (χ4v) is 13.2. The van der Waals surface area contributed by atoms with Crippen molar-refractivity contribution in [2.24, 2.45) is 0 Å². The van der Waals surface area contributed by atoms with Gasteiger partial charge in [-0.25, -0.2) is 29.9 Å². The molecule has 0 aliphatic carbocycles. The average Bonchev–Trinajstić information content (AvgIpc) is 0.803. The Labute approximate surface area is 579 Å². The van der Waals surface area contributed by atoms with Crippen LogP contribution in [-0.2, 0) is 0 Å². The Bertz CT molecular complexity index is 5850. The number of hydrogen-bond acceptors (Lipinski definition) is 8. The van der Waals surface area contributed by atoms with Gasteiger partial charge in [-0.05, 0) is 108 Å². The van der Waals surface area contributed by atoms with Crippen LogP contribution in [0.5, 0.6) is 0 Å². The van der Waals surface area contributed by atoms with Crippen molar-refractivity contribution < 1.29 is 0 Å². The minimum absolute atomic E-state index is 0.648. The number of aromatic nitrogens is 8. The molecule has 8 nitrogen and oxygen atoms in total. The maximum Gasteiger partial charge on any atom is 0.164 e. The van der Waals surface area contributed by atoms with E-state index >= 15 is 0 Å². The molecule has 0 spiro atoms. The molecular weight excluding hydrogens is 1220 g/mol. The normalized spacial score (nSPS) is 11.2. The Morgan fingerprint density at radius 2 is 0.470 bits per heavy atom. The molecule has 4 heterocycles. The summed E-state index contributed by atoms with van der Waals surface area (Å²) in [7, 11) is 0. The molecule has 0 aliphatic heterocycles. The maximum atomic E-state index is 4.89. The molecule has 0 N–H and O–H groups in total. The highest BCUT2D eigenvalue weighted by Gasteiger charge is 2.17. The van der Waals surface area contributed by atoms with E-state index in [2.05, 4.69) is 222 Å². The van der Waals surface area contributed by atoms with Crippen molar-refractivity contribution in [2.45, 2.75) is 0 Å². The number of benzene rings is 14. The van der Waals surface area contributed by atoms with Crippen LogP contribution in [0.2, 0.25) is 0 Å². The third-order valence-electron chi connectivity index (χ3n) is 18.4. The van der Waals surface area contributed by atoms with E-state index in [4.69, 9.17) is 29.9 Å². The maximum absolute atomic E-state index is 4.89. The van der Waals surface area contributed by atoms with Gasteiger partial charge in [0.1, 0.15) is 0 Å². The minimum Gasteiger partial charge on any atom is -0.256 e. The van der Waals surface area contributed by atoms with E-state index in [1.807, 2.05) is 152 Å². The quantitative estimate of drug-likeness (QED) is 0.119. The number of hydrogen-bond donors (Lipinski definition) is 0. The lowest BCUT2D eigenvalue weighted by molar-refractivity contribution is 1.07. The predicted molar refractivity (Wildman–Crippen MR) is 411 cm³/mol. The summed E-state index contributed by atoms with van der Waals surface area (Å²) < 4.78 is 0. The molecule has 0 saturated carbocycles. The molecule has 18 aromatic rings. The van der Waals surface area contributed by atoms with Crippen LogP contribution < -0.4 is 0 Å². The number of rotatable bonds is 12. The van der Waals surface area contributed by atoms with Crippen LogP contribution in [0.15, 0.2) is 364 Å². The fourth-order valence-electron chi connectivity index (χ4n) is 13.2. The van der Waals surface area contributed by atoms with E-state index in [9.17, 15) is 0 Å². The molecule has 0 aliphatic rings. The lowest BCUT2D eigenvalue weighted by Gasteiger charge is -2.11. The van der Waals surface area contributed by atoms with Gasteiger partial charge < -0.3 is 0 Å². The highest BCUT2D eigenvalue weighted by molar-refractivity contribution is 6.01. The number of pyridine rings is 2. The zero-order valence-corrected chi connectivity index (χ0v) is 54.2. The van der Waals surface area contributed by atoms with Crippen molar-refractivity contribution in [3.63, 3.8) is 0 Å². The Balaban J connectivity index is 0.000000150. The second kappa shape index (κ2) is 26.9. The average molecular weight is 1280 g/mol. The fraction of sp³-hybridized carbons (Fsp3) is 0. The molecule has 0 saturated heterocycles. The zero-order chi connectivity index (χ0) is 66.6. The third kappa shape index (κ3) is 12.4. The van der Waals surface area contributed by atoms with Gasteiger partial charge in [0.05, 0.1) is 11.0 Å². The van der Waals surface area contributed by atoms with Gasteiger partial charge in [0.2, 0.25) is 0 Å². The first kappa shape index (κ1) is 60.1. The Kier molecular flexibility index (Phi) is 16.2. The van der Waals surface area contributed by atoms with Gasteiger partial charge in [-0.15, -0.1) is 0 Å². The molecule has 4 aromatic heterocycles. The Morgan fingerprint density at radius 3 is 0.900 bits per heavy atom. The summed E-state index contributed by atoms with van der Waals surface area (Å²) >= 11 is 0. The van der Waals surface area contributed by atoms with Crippen LogP contribution in [0.1, 0.15) is 0 Å². The number of fused-ring (bicyclic) bond motifs is 4. The van der Waals surface area contributed by atoms with E-state index in [0.29, 0.717) is 34.9 Å². The van der Waals surface area contributed by atoms with E-state index < -0.39 is 0 Å². The highest BCUT2D eigenvalue weighted by atomic mass is 15.0. The van der Waals surface area contributed by atoms with E-state index in [1.165, 1.54) is 43.8 Å². The zero-order valence-electron chi connectivity index (χ0n) is 54.2. The summed E-state index contributed by atoms with van der Waals surface area (Å²) in [5.74, 6) is 3.92. The first-order chi connectivity index (χ1) is 49.5. The van der Waals surface area contributed by atoms with Crippen molar-refractivity contribution in [3.8, 4) is 135 Å². The second-order valence-electron chi connectivity index (χ2n) is 24.7. The predicted octanol–water partition coefficient (Wildman–Crippen LogP) is 23.2. The summed E-state index contributed by atoms with van der Waals surface area (Å²) in [4.78, 5) is 38.5. The molecule has 0 radical (unpaired) electrons. The van der Waals surface area contributed by atoms with Crippen LogP contribution in [0.3, 0.4) is 0 Å². The van der Waals surface area contributed by atoms with Crippen molar-refractivity contribution in [1.29, 1.82) is 0 Å². The molecule has 100 heavy (non-hydrogen) atoms. The van der Waals surface area contributed by atoms with Crippen molar-refractivity contribution in [1.82, 2.24) is 39.9 Å². The van der Waals surface area contributed by atoms with E-state index in [1.54, 1.807) is 0 Å². The molecular formula is C92H60N8. The first-order valence-corrected chi connectivity index (χ1v) is 33.4. The van der Waals surface area contributed by atoms with Crippen LogP contribution in [0.25, 0.3) is 178 Å². The molecule has 0 fully saturated rings. The van der Waals surface area contributed by atoms with Gasteiger partial charge in [-0.1, -0.05) is 322 Å². The van der Waals surface area contributed by atoms with Gasteiger partial charge >= 0.3 is 0 Å². The summed E-state index contributed by atoms with van der Waals surface area (Å²) in [6.45, 7) is 0. The molecule has 8 heteroatoms. The van der Waals surface area contributed by atoms with Gasteiger partial charge in [0.25, 0.3) is 0 Å². The van der Waals surface area contributed by atoms with Crippen LogP contribution >= 0.6 is 0 Å². The molecule has 0 bridgehead atoms. The lowest BCUT2D eigenvalue weighted by atomic mass is 9.93. The minimum atomic E-state index is 0.648. The van der Waals surface area contributed by atoms with Crippen molar-refractivity contribution in [3.05, 3.63) is 364 Å². The smallest absolute Gasteiger partial charge is 0.164 e. The van der Waals surface area contributed by atoms with Gasteiger partial charge in [0, 0.05) is 67.7 Å². The van der Waals surface area contributed by atoms with Crippen molar-refractivity contribution >= 4 is 43.4 Å². The monoisotopic (exact) mass is 1280 g/mol. The standard InChI is InChI=1S/2C46H30N4/c1-3-10-35(11-4-1)44-48-45(36-12-5-2-6-13-36)50-46(49-44)37-25-19-31(20-26-37)38-27-28-41-39(30-38)15-8-17-40(41)32-21-23-33(24-22-32)42-18-7-14-34-16-9-29-47-43(34)42;1-3-10-34(11-4-1)44-48-45(35-12-5-2-6-13-35)50-46(49-44)36-24-20-31(21-25-36)37-26-27-42-38(28-37)15-9-16-41(42)33-22-18-32(19-23-33)40-29-39-14-7-8-17-43(39)47-30-40/h2*1-30H. The summed E-state index contributed by atoms with van der Waals surface area (Å²) in [6, 6.07) is 122. The van der Waals surface area contributed by atoms with Gasteiger partial charge in [0.15, 0.2) is 34.9 Å². The molecule has 0 unspecified atom stereocenters. The highest BCUT2D eigenvalue weighted by Crippen LogP contribution is 2.38. The number of para-hydroxylation sites is 2. The SMILES string of the molecule is c1ccc(-c2nc(-c3ccccc3)nc(-c3ccc(-c4ccc5c(-c6ccc(-c7cccc8cccnc78)cc6)cccc5c4)cc3)n2)cc1.c1ccc(-c2nc(-c3ccccc3)nc(-c3ccc(-c4ccc5c(-c6ccc(-c7cnc8ccccc8c7)cc6)cccc5c4)cc3)n2)cc1. The molecule has 0 atom stereocenters. The Hall–Kier alpha value is -13.6. The van der Waals surface area contributed by atoms with Crippen LogP contribution in [-0.4, -0.2) is 39.9 Å². The second-order valence-corrected chi connectivity index (χ2v) is 24.7. The summed E-state index contributed by atoms with van der Waals surface area (Å²) in [6.07, 6.45) is 3.81. The van der Waals surface area contributed by atoms with Gasteiger partial charge in [-0.2, -0.15) is 0 Å². The lowest BCUT2D eigenvalue weighted by Crippen LogP contribution is -2.00. The Morgan fingerprint density at radius 1 is 0.170 bits per heavy atom. The largest absolute Gasteiger partial charge is 0.256 e. The molecule has 468 valence electrons. The topological polar surface area (TPSA) is 103 Å².